The number of carbonyl (C=O) groups excluding carboxylic acids is 2. The Balaban J connectivity index is 1.53. The molecule has 2 heterocycles. The van der Waals surface area contributed by atoms with Gasteiger partial charge in [-0.2, -0.15) is 0 Å². The molecule has 2 N–H and O–H groups in total. The predicted molar refractivity (Wildman–Crippen MR) is 91.8 cm³/mol. The number of rotatable bonds is 4. The molecule has 0 atom stereocenters. The number of hydrogen-bond acceptors (Lipinski definition) is 3. The normalized spacial score (nSPS) is 15.5. The van der Waals surface area contributed by atoms with Crippen molar-refractivity contribution < 1.29 is 14.3 Å². The quantitative estimate of drug-likeness (QED) is 0.905. The summed E-state index contributed by atoms with van der Waals surface area (Å²) in [6.45, 7) is 3.48. The van der Waals surface area contributed by atoms with E-state index in [0.29, 0.717) is 26.1 Å². The molecule has 1 fully saturated rings. The minimum absolute atomic E-state index is 0.0844. The number of aromatic amines is 1. The molecule has 1 aliphatic heterocycles. The number of fused-ring (bicyclic) bond motifs is 1. The van der Waals surface area contributed by atoms with Crippen LogP contribution in [0.15, 0.2) is 30.5 Å². The first kappa shape index (κ1) is 16.4. The fourth-order valence-electron chi connectivity index (χ4n) is 3.17. The number of aromatic nitrogens is 1. The Labute approximate surface area is 141 Å². The van der Waals surface area contributed by atoms with E-state index in [1.807, 2.05) is 35.4 Å². The maximum atomic E-state index is 12.5. The largest absolute Gasteiger partial charge is 0.450 e. The second kappa shape index (κ2) is 7.38. The summed E-state index contributed by atoms with van der Waals surface area (Å²) in [5.74, 6) is 0.134. The Kier molecular flexibility index (Phi) is 5.03. The lowest BCUT2D eigenvalue weighted by atomic mass is 10.0. The molecular weight excluding hydrogens is 306 g/mol. The number of H-pyrrole nitrogens is 1. The van der Waals surface area contributed by atoms with Gasteiger partial charge < -0.3 is 19.9 Å². The number of hydrogen-bond donors (Lipinski definition) is 2. The number of ether oxygens (including phenoxy) is 1. The van der Waals surface area contributed by atoms with Crippen molar-refractivity contribution in [3.8, 4) is 0 Å². The highest BCUT2D eigenvalue weighted by molar-refractivity contribution is 5.88. The van der Waals surface area contributed by atoms with Gasteiger partial charge in [0, 0.05) is 36.2 Å². The van der Waals surface area contributed by atoms with Crippen LogP contribution in [0.3, 0.4) is 0 Å². The number of piperidine rings is 1. The van der Waals surface area contributed by atoms with Crippen molar-refractivity contribution in [2.24, 2.45) is 0 Å². The molecule has 24 heavy (non-hydrogen) atoms. The third-order valence-corrected chi connectivity index (χ3v) is 4.46. The molecular formula is C18H23N3O3. The smallest absolute Gasteiger partial charge is 0.407 e. The fourth-order valence-corrected chi connectivity index (χ4v) is 3.17. The van der Waals surface area contributed by atoms with Crippen molar-refractivity contribution in [2.75, 3.05) is 19.7 Å². The third kappa shape index (κ3) is 3.69. The zero-order valence-corrected chi connectivity index (χ0v) is 13.9. The Morgan fingerprint density at radius 2 is 2.04 bits per heavy atom. The molecule has 128 valence electrons. The van der Waals surface area contributed by atoms with E-state index in [1.54, 1.807) is 6.92 Å². The second-order valence-electron chi connectivity index (χ2n) is 6.06. The van der Waals surface area contributed by atoms with Gasteiger partial charge in [-0.05, 0) is 31.4 Å². The van der Waals surface area contributed by atoms with Gasteiger partial charge in [-0.25, -0.2) is 4.79 Å². The van der Waals surface area contributed by atoms with Gasteiger partial charge >= 0.3 is 6.09 Å². The van der Waals surface area contributed by atoms with Gasteiger partial charge in [0.2, 0.25) is 5.91 Å². The van der Waals surface area contributed by atoms with Crippen molar-refractivity contribution in [1.82, 2.24) is 15.2 Å². The summed E-state index contributed by atoms with van der Waals surface area (Å²) in [6, 6.07) is 8.09. The molecule has 2 aromatic rings. The number of carbonyl (C=O) groups is 2. The zero-order chi connectivity index (χ0) is 16.9. The molecule has 1 aromatic carbocycles. The molecule has 0 radical (unpaired) electrons. The average molecular weight is 329 g/mol. The zero-order valence-electron chi connectivity index (χ0n) is 13.9. The van der Waals surface area contributed by atoms with Crippen LogP contribution in [-0.4, -0.2) is 47.6 Å². The lowest BCUT2D eigenvalue weighted by molar-refractivity contribution is -0.131. The molecule has 0 saturated carbocycles. The van der Waals surface area contributed by atoms with Gasteiger partial charge in [-0.1, -0.05) is 18.2 Å². The lowest BCUT2D eigenvalue weighted by Crippen LogP contribution is -2.47. The minimum atomic E-state index is -0.374. The Morgan fingerprint density at radius 1 is 1.29 bits per heavy atom. The number of amides is 2. The first-order chi connectivity index (χ1) is 11.7. The van der Waals surface area contributed by atoms with Crippen molar-refractivity contribution >= 4 is 22.9 Å². The first-order valence-corrected chi connectivity index (χ1v) is 8.43. The summed E-state index contributed by atoms with van der Waals surface area (Å²) in [5.41, 5.74) is 2.08. The van der Waals surface area contributed by atoms with E-state index in [1.165, 1.54) is 0 Å². The maximum absolute atomic E-state index is 12.5. The molecule has 0 aliphatic carbocycles. The van der Waals surface area contributed by atoms with Gasteiger partial charge in [0.05, 0.1) is 13.0 Å². The van der Waals surface area contributed by atoms with Crippen molar-refractivity contribution in [1.29, 1.82) is 0 Å². The lowest BCUT2D eigenvalue weighted by Gasteiger charge is -2.32. The standard InChI is InChI=1S/C18H23N3O3/c1-2-24-18(23)20-14-7-9-21(10-8-14)17(22)11-13-12-19-16-6-4-3-5-15(13)16/h3-6,12,14,19H,2,7-11H2,1H3,(H,20,23). The Hall–Kier alpha value is -2.50. The van der Waals surface area contributed by atoms with E-state index in [9.17, 15) is 9.59 Å². The van der Waals surface area contributed by atoms with E-state index in [4.69, 9.17) is 4.74 Å². The van der Waals surface area contributed by atoms with Crippen LogP contribution in [0.25, 0.3) is 10.9 Å². The summed E-state index contributed by atoms with van der Waals surface area (Å²) in [5, 5.41) is 3.95. The molecule has 2 amide bonds. The summed E-state index contributed by atoms with van der Waals surface area (Å²) in [7, 11) is 0. The monoisotopic (exact) mass is 329 g/mol. The number of alkyl carbamates (subject to hydrolysis) is 1. The average Bonchev–Trinajstić information content (AvgIpc) is 2.99. The van der Waals surface area contributed by atoms with Crippen LogP contribution in [0.4, 0.5) is 4.79 Å². The second-order valence-corrected chi connectivity index (χ2v) is 6.06. The fraction of sp³-hybridized carbons (Fsp3) is 0.444. The highest BCUT2D eigenvalue weighted by atomic mass is 16.5. The van der Waals surface area contributed by atoms with Crippen LogP contribution in [0, 0.1) is 0 Å². The van der Waals surface area contributed by atoms with E-state index in [-0.39, 0.29) is 18.0 Å². The number of nitrogens with zero attached hydrogens (tertiary/aromatic N) is 1. The van der Waals surface area contributed by atoms with Crippen LogP contribution in [-0.2, 0) is 16.0 Å². The SMILES string of the molecule is CCOC(=O)NC1CCN(C(=O)Cc2c[nH]c3ccccc23)CC1. The number of likely N-dealkylation sites (tertiary alicyclic amines) is 1. The van der Waals surface area contributed by atoms with Crippen LogP contribution in [0.2, 0.25) is 0 Å². The van der Waals surface area contributed by atoms with Crippen LogP contribution in [0.5, 0.6) is 0 Å². The molecule has 6 heteroatoms. The molecule has 0 spiro atoms. The van der Waals surface area contributed by atoms with E-state index < -0.39 is 0 Å². The molecule has 3 rings (SSSR count). The highest BCUT2D eigenvalue weighted by Crippen LogP contribution is 2.20. The van der Waals surface area contributed by atoms with E-state index in [2.05, 4.69) is 10.3 Å². The maximum Gasteiger partial charge on any atom is 0.407 e. The molecule has 1 aliphatic rings. The number of para-hydroxylation sites is 1. The van der Waals surface area contributed by atoms with E-state index >= 15 is 0 Å². The third-order valence-electron chi connectivity index (χ3n) is 4.46. The highest BCUT2D eigenvalue weighted by Gasteiger charge is 2.24. The molecule has 6 nitrogen and oxygen atoms in total. The summed E-state index contributed by atoms with van der Waals surface area (Å²) < 4.78 is 4.90. The predicted octanol–water partition coefficient (Wildman–Crippen LogP) is 2.45. The Morgan fingerprint density at radius 3 is 2.79 bits per heavy atom. The molecule has 1 saturated heterocycles. The van der Waals surface area contributed by atoms with Crippen LogP contribution >= 0.6 is 0 Å². The number of benzene rings is 1. The van der Waals surface area contributed by atoms with Crippen LogP contribution < -0.4 is 5.32 Å². The first-order valence-electron chi connectivity index (χ1n) is 8.43. The Bertz CT molecular complexity index is 717. The van der Waals surface area contributed by atoms with E-state index in [0.717, 1.165) is 29.3 Å². The van der Waals surface area contributed by atoms with Gasteiger partial charge in [0.25, 0.3) is 0 Å². The van der Waals surface area contributed by atoms with Crippen LogP contribution in [0.1, 0.15) is 25.3 Å². The van der Waals surface area contributed by atoms with Crippen molar-refractivity contribution in [3.05, 3.63) is 36.0 Å². The van der Waals surface area contributed by atoms with Gasteiger partial charge in [0.15, 0.2) is 0 Å². The van der Waals surface area contributed by atoms with Crippen molar-refractivity contribution in [2.45, 2.75) is 32.2 Å². The van der Waals surface area contributed by atoms with Gasteiger partial charge in [-0.3, -0.25) is 4.79 Å². The molecule has 0 unspecified atom stereocenters. The summed E-state index contributed by atoms with van der Waals surface area (Å²) >= 11 is 0. The molecule has 0 bridgehead atoms. The number of nitrogens with one attached hydrogen (secondary N) is 2. The summed E-state index contributed by atoms with van der Waals surface area (Å²) in [4.78, 5) is 29.1. The van der Waals surface area contributed by atoms with Gasteiger partial charge in [-0.15, -0.1) is 0 Å². The minimum Gasteiger partial charge on any atom is -0.450 e. The summed E-state index contributed by atoms with van der Waals surface area (Å²) in [6.07, 6.45) is 3.47. The van der Waals surface area contributed by atoms with Gasteiger partial charge in [0.1, 0.15) is 0 Å². The van der Waals surface area contributed by atoms with Crippen molar-refractivity contribution in [3.63, 3.8) is 0 Å². The topological polar surface area (TPSA) is 74.4 Å². The molecule has 1 aromatic heterocycles.